The maximum atomic E-state index is 14.0. The number of hydrogen-bond donors (Lipinski definition) is 1. The Morgan fingerprint density at radius 2 is 2.09 bits per heavy atom. The predicted molar refractivity (Wildman–Crippen MR) is 76.7 cm³/mol. The standard InChI is InChI=1S/C15H12FN3O3/c1-21-10-7-14(12-4-5-18-19(12)8-10)22-13-3-2-9(15(17)20)6-11(13)16/h2-8H,1H3,(H2,17,20). The van der Waals surface area contributed by atoms with Crippen LogP contribution < -0.4 is 15.2 Å². The molecular weight excluding hydrogens is 289 g/mol. The zero-order chi connectivity index (χ0) is 15.7. The molecule has 2 aromatic heterocycles. The summed E-state index contributed by atoms with van der Waals surface area (Å²) in [4.78, 5) is 11.0. The van der Waals surface area contributed by atoms with Gasteiger partial charge in [0.1, 0.15) is 11.3 Å². The summed E-state index contributed by atoms with van der Waals surface area (Å²) >= 11 is 0. The van der Waals surface area contributed by atoms with E-state index in [0.717, 1.165) is 6.07 Å². The Balaban J connectivity index is 2.02. The van der Waals surface area contributed by atoms with Crippen molar-refractivity contribution in [2.45, 2.75) is 0 Å². The second kappa shape index (κ2) is 5.36. The summed E-state index contributed by atoms with van der Waals surface area (Å²) in [6, 6.07) is 7.13. The lowest BCUT2D eigenvalue weighted by atomic mass is 10.2. The van der Waals surface area contributed by atoms with Crippen LogP contribution in [0.4, 0.5) is 4.39 Å². The number of nitrogens with two attached hydrogens (primary N) is 1. The summed E-state index contributed by atoms with van der Waals surface area (Å²) in [5, 5.41) is 4.09. The number of fused-ring (bicyclic) bond motifs is 1. The van der Waals surface area contributed by atoms with E-state index in [4.69, 9.17) is 15.2 Å². The Kier molecular flexibility index (Phi) is 3.38. The van der Waals surface area contributed by atoms with Crippen molar-refractivity contribution in [1.82, 2.24) is 9.61 Å². The molecule has 7 heteroatoms. The van der Waals surface area contributed by atoms with Crippen molar-refractivity contribution in [2.75, 3.05) is 7.11 Å². The highest BCUT2D eigenvalue weighted by molar-refractivity contribution is 5.92. The van der Waals surface area contributed by atoms with E-state index >= 15 is 0 Å². The van der Waals surface area contributed by atoms with Crippen molar-refractivity contribution in [1.29, 1.82) is 0 Å². The van der Waals surface area contributed by atoms with Gasteiger partial charge >= 0.3 is 0 Å². The summed E-state index contributed by atoms with van der Waals surface area (Å²) in [5.41, 5.74) is 5.84. The van der Waals surface area contributed by atoms with E-state index in [1.165, 1.54) is 19.2 Å². The number of methoxy groups -OCH3 is 1. The van der Waals surface area contributed by atoms with E-state index in [0.29, 0.717) is 17.0 Å². The minimum Gasteiger partial charge on any atom is -0.495 e. The molecule has 0 aliphatic heterocycles. The number of rotatable bonds is 4. The lowest BCUT2D eigenvalue weighted by Gasteiger charge is -2.10. The SMILES string of the molecule is COc1cc(Oc2ccc(C(N)=O)cc2F)c2ccnn2c1. The fourth-order valence-electron chi connectivity index (χ4n) is 2.02. The zero-order valence-corrected chi connectivity index (χ0v) is 11.6. The van der Waals surface area contributed by atoms with Gasteiger partial charge in [-0.3, -0.25) is 4.79 Å². The number of pyridine rings is 1. The third kappa shape index (κ3) is 2.44. The molecule has 0 saturated carbocycles. The maximum Gasteiger partial charge on any atom is 0.248 e. The third-order valence-electron chi connectivity index (χ3n) is 3.12. The lowest BCUT2D eigenvalue weighted by molar-refractivity contribution is 0.1000. The molecule has 6 nitrogen and oxygen atoms in total. The van der Waals surface area contributed by atoms with Crippen LogP contribution in [0.3, 0.4) is 0 Å². The molecule has 0 atom stereocenters. The number of carbonyl (C=O) groups is 1. The van der Waals surface area contributed by atoms with Crippen molar-refractivity contribution >= 4 is 11.4 Å². The van der Waals surface area contributed by atoms with Crippen molar-refractivity contribution < 1.29 is 18.7 Å². The van der Waals surface area contributed by atoms with Gasteiger partial charge in [-0.15, -0.1) is 0 Å². The van der Waals surface area contributed by atoms with Crippen molar-refractivity contribution in [3.05, 3.63) is 54.1 Å². The fraction of sp³-hybridized carbons (Fsp3) is 0.0667. The molecule has 22 heavy (non-hydrogen) atoms. The first kappa shape index (κ1) is 13.9. The summed E-state index contributed by atoms with van der Waals surface area (Å²) in [6.07, 6.45) is 3.27. The number of hydrogen-bond acceptors (Lipinski definition) is 4. The average Bonchev–Trinajstić information content (AvgIpc) is 2.97. The van der Waals surface area contributed by atoms with Gasteiger partial charge in [0.25, 0.3) is 0 Å². The van der Waals surface area contributed by atoms with Crippen LogP contribution >= 0.6 is 0 Å². The number of benzene rings is 1. The number of primary amides is 1. The van der Waals surface area contributed by atoms with Crippen molar-refractivity contribution in [2.24, 2.45) is 5.73 Å². The Morgan fingerprint density at radius 3 is 2.77 bits per heavy atom. The largest absolute Gasteiger partial charge is 0.495 e. The molecule has 0 spiro atoms. The summed E-state index contributed by atoms with van der Waals surface area (Å²) < 4.78 is 26.3. The van der Waals surface area contributed by atoms with Crippen LogP contribution in [0, 0.1) is 5.82 Å². The van der Waals surface area contributed by atoms with Gasteiger partial charge in [0.05, 0.1) is 19.5 Å². The zero-order valence-electron chi connectivity index (χ0n) is 11.6. The first-order valence-electron chi connectivity index (χ1n) is 6.37. The van der Waals surface area contributed by atoms with Crippen molar-refractivity contribution in [3.63, 3.8) is 0 Å². The molecule has 3 rings (SSSR count). The van der Waals surface area contributed by atoms with Crippen molar-refractivity contribution in [3.8, 4) is 17.2 Å². The van der Waals surface area contributed by atoms with Gasteiger partial charge in [-0.1, -0.05) is 0 Å². The number of carbonyl (C=O) groups excluding carboxylic acids is 1. The van der Waals surface area contributed by atoms with E-state index in [1.54, 1.807) is 29.0 Å². The Bertz CT molecular complexity index is 860. The van der Waals surface area contributed by atoms with Crippen LogP contribution in [0.2, 0.25) is 0 Å². The highest BCUT2D eigenvalue weighted by Gasteiger charge is 2.12. The van der Waals surface area contributed by atoms with E-state index in [9.17, 15) is 9.18 Å². The van der Waals surface area contributed by atoms with E-state index in [-0.39, 0.29) is 11.3 Å². The molecule has 0 saturated heterocycles. The number of halogens is 1. The Morgan fingerprint density at radius 1 is 1.27 bits per heavy atom. The van der Waals surface area contributed by atoms with Crippen LogP contribution in [0.15, 0.2) is 42.7 Å². The van der Waals surface area contributed by atoms with E-state index in [1.807, 2.05) is 0 Å². The van der Waals surface area contributed by atoms with Crippen LogP contribution in [-0.4, -0.2) is 22.6 Å². The van der Waals surface area contributed by atoms with Crippen LogP contribution in [-0.2, 0) is 0 Å². The van der Waals surface area contributed by atoms with Gasteiger partial charge in [-0.05, 0) is 24.3 Å². The predicted octanol–water partition coefficient (Wildman–Crippen LogP) is 2.37. The van der Waals surface area contributed by atoms with E-state index in [2.05, 4.69) is 5.10 Å². The first-order valence-corrected chi connectivity index (χ1v) is 6.37. The smallest absolute Gasteiger partial charge is 0.248 e. The molecule has 0 aliphatic rings. The van der Waals surface area contributed by atoms with Gasteiger partial charge in [0.15, 0.2) is 17.3 Å². The molecule has 0 radical (unpaired) electrons. The molecular formula is C15H12FN3O3. The molecule has 0 aliphatic carbocycles. The average molecular weight is 301 g/mol. The summed E-state index contributed by atoms with van der Waals surface area (Å²) in [5.74, 6) is -0.522. The molecule has 1 amide bonds. The second-order valence-electron chi connectivity index (χ2n) is 4.52. The quantitative estimate of drug-likeness (QED) is 0.802. The number of nitrogens with zero attached hydrogens (tertiary/aromatic N) is 2. The summed E-state index contributed by atoms with van der Waals surface area (Å²) in [6.45, 7) is 0. The maximum absolute atomic E-state index is 14.0. The Labute approximate surface area is 124 Å². The molecule has 2 heterocycles. The van der Waals surface area contributed by atoms with Crippen LogP contribution in [0.1, 0.15) is 10.4 Å². The number of ether oxygens (including phenoxy) is 2. The normalized spacial score (nSPS) is 10.6. The van der Waals surface area contributed by atoms with Gasteiger partial charge in [-0.2, -0.15) is 5.10 Å². The molecule has 0 fully saturated rings. The van der Waals surface area contributed by atoms with E-state index < -0.39 is 11.7 Å². The lowest BCUT2D eigenvalue weighted by Crippen LogP contribution is -2.11. The van der Waals surface area contributed by atoms with Gasteiger partial charge in [0, 0.05) is 11.6 Å². The Hall–Kier alpha value is -3.09. The van der Waals surface area contributed by atoms with Gasteiger partial charge < -0.3 is 15.2 Å². The number of aromatic nitrogens is 2. The monoisotopic (exact) mass is 301 g/mol. The minimum atomic E-state index is -0.704. The molecule has 0 bridgehead atoms. The fourth-order valence-corrected chi connectivity index (χ4v) is 2.02. The van der Waals surface area contributed by atoms with Gasteiger partial charge in [-0.25, -0.2) is 8.91 Å². The molecule has 2 N–H and O–H groups in total. The summed E-state index contributed by atoms with van der Waals surface area (Å²) in [7, 11) is 1.51. The third-order valence-corrected chi connectivity index (χ3v) is 3.12. The molecule has 3 aromatic rings. The van der Waals surface area contributed by atoms with Gasteiger partial charge in [0.2, 0.25) is 5.91 Å². The van der Waals surface area contributed by atoms with Crippen LogP contribution in [0.25, 0.3) is 5.52 Å². The highest BCUT2D eigenvalue weighted by atomic mass is 19.1. The minimum absolute atomic E-state index is 0.0265. The number of amides is 1. The molecule has 1 aromatic carbocycles. The first-order chi connectivity index (χ1) is 10.6. The topological polar surface area (TPSA) is 78.8 Å². The second-order valence-corrected chi connectivity index (χ2v) is 4.52. The highest BCUT2D eigenvalue weighted by Crippen LogP contribution is 2.31. The van der Waals surface area contributed by atoms with Crippen LogP contribution in [0.5, 0.6) is 17.2 Å². The molecule has 0 unspecified atom stereocenters. The molecule has 112 valence electrons.